The molecule has 0 spiro atoms. The molecule has 0 radical (unpaired) electrons. The number of esters is 2. The van der Waals surface area contributed by atoms with Crippen molar-refractivity contribution in [2.45, 2.75) is 315 Å². The van der Waals surface area contributed by atoms with Crippen LogP contribution < -0.4 is 5.73 Å². The molecule has 0 rings (SSSR count). The van der Waals surface area contributed by atoms with Gasteiger partial charge in [0.1, 0.15) is 6.61 Å². The number of carbonyl (C=O) groups excluding carboxylic acids is 2. The molecule has 0 bridgehead atoms. The Bertz CT molecular complexity index is 1570. The number of carbonyl (C=O) groups is 2. The van der Waals surface area contributed by atoms with Gasteiger partial charge in [0.25, 0.3) is 0 Å². The summed E-state index contributed by atoms with van der Waals surface area (Å²) in [6.45, 7) is 3.64. The summed E-state index contributed by atoms with van der Waals surface area (Å²) in [7, 11) is -4.40. The van der Waals surface area contributed by atoms with Crippen molar-refractivity contribution < 1.29 is 37.6 Å². The second-order valence-corrected chi connectivity index (χ2v) is 23.4. The summed E-state index contributed by atoms with van der Waals surface area (Å²) in [5.41, 5.74) is 5.39. The van der Waals surface area contributed by atoms with Crippen molar-refractivity contribution in [1.82, 2.24) is 0 Å². The molecule has 10 heteroatoms. The topological polar surface area (TPSA) is 134 Å². The molecule has 0 amide bonds. The average Bonchev–Trinajstić information content (AvgIpc) is 3.44. The molecule has 0 fully saturated rings. The Labute approximate surface area is 487 Å². The number of hydrogen-bond donors (Lipinski definition) is 2. The lowest BCUT2D eigenvalue weighted by molar-refractivity contribution is -0.161. The first-order valence-electron chi connectivity index (χ1n) is 33.1. The number of unbranched alkanes of at least 4 members (excludes halogenated alkanes) is 35. The Balaban J connectivity index is 3.90. The van der Waals surface area contributed by atoms with Crippen LogP contribution in [-0.4, -0.2) is 49.3 Å². The highest BCUT2D eigenvalue weighted by Gasteiger charge is 2.26. The molecule has 2 atom stereocenters. The van der Waals surface area contributed by atoms with E-state index in [-0.39, 0.29) is 38.6 Å². The third-order valence-electron chi connectivity index (χ3n) is 14.3. The lowest BCUT2D eigenvalue weighted by Crippen LogP contribution is -2.29. The zero-order valence-electron chi connectivity index (χ0n) is 51.3. The average molecular weight is 1130 g/mol. The van der Waals surface area contributed by atoms with E-state index in [0.717, 1.165) is 96.3 Å². The first kappa shape index (κ1) is 76.2. The number of phosphoric ester groups is 1. The smallest absolute Gasteiger partial charge is 0.462 e. The molecule has 0 aromatic rings. The van der Waals surface area contributed by atoms with Crippen LogP contribution in [0.4, 0.5) is 0 Å². The van der Waals surface area contributed by atoms with E-state index >= 15 is 0 Å². The van der Waals surface area contributed by atoms with Crippen LogP contribution >= 0.6 is 7.82 Å². The summed E-state index contributed by atoms with van der Waals surface area (Å²) in [4.78, 5) is 35.3. The minimum absolute atomic E-state index is 0.0479. The van der Waals surface area contributed by atoms with Crippen LogP contribution in [0.3, 0.4) is 0 Å². The number of phosphoric acid groups is 1. The molecule has 0 aliphatic carbocycles. The standard InChI is InChI=1S/C69H124NO8P/c1-3-5-7-9-11-13-15-17-19-21-23-25-27-29-30-31-32-33-34-35-36-38-39-41-43-45-47-49-51-53-55-57-59-61-68(71)75-65-67(66-77-79(73,74)76-64-63-70)78-69(72)62-60-58-56-54-52-50-48-46-44-42-40-37-28-26-24-22-20-18-16-14-12-10-8-6-4-2/h6,8,12,14,18,20-21,23-24,26,37,40,44,46,67H,3-5,7,9-11,13,15-17,19,22,25,27-36,38-39,41-43,45,47-66,70H2,1-2H3,(H,73,74)/b8-6-,14-12-,20-18-,23-21-,26-24-,40-37-,46-44-. The van der Waals surface area contributed by atoms with Crippen LogP contribution in [0.25, 0.3) is 0 Å². The number of ether oxygens (including phenoxy) is 2. The Morgan fingerprint density at radius 2 is 0.696 bits per heavy atom. The lowest BCUT2D eigenvalue weighted by atomic mass is 10.0. The molecular weight excluding hydrogens is 1000 g/mol. The number of rotatable bonds is 62. The van der Waals surface area contributed by atoms with Crippen molar-refractivity contribution >= 4 is 19.8 Å². The molecule has 9 nitrogen and oxygen atoms in total. The summed E-state index contributed by atoms with van der Waals surface area (Å²) < 4.78 is 33.1. The minimum Gasteiger partial charge on any atom is -0.462 e. The fraction of sp³-hybridized carbons (Fsp3) is 0.768. The Kier molecular flexibility index (Phi) is 62.1. The number of nitrogens with two attached hydrogens (primary N) is 1. The van der Waals surface area contributed by atoms with Gasteiger partial charge in [-0.1, -0.05) is 292 Å². The summed E-state index contributed by atoms with van der Waals surface area (Å²) in [5, 5.41) is 0. The molecule has 79 heavy (non-hydrogen) atoms. The lowest BCUT2D eigenvalue weighted by Gasteiger charge is -2.19. The molecule has 0 heterocycles. The van der Waals surface area contributed by atoms with Crippen LogP contribution in [0.5, 0.6) is 0 Å². The molecule has 2 unspecified atom stereocenters. The van der Waals surface area contributed by atoms with E-state index < -0.39 is 26.5 Å². The van der Waals surface area contributed by atoms with Gasteiger partial charge in [-0.2, -0.15) is 0 Å². The predicted octanol–water partition coefficient (Wildman–Crippen LogP) is 21.4. The van der Waals surface area contributed by atoms with E-state index in [1.807, 2.05) is 0 Å². The van der Waals surface area contributed by atoms with E-state index in [1.54, 1.807) is 0 Å². The maximum atomic E-state index is 12.7. The van der Waals surface area contributed by atoms with Gasteiger partial charge in [0.2, 0.25) is 0 Å². The van der Waals surface area contributed by atoms with Gasteiger partial charge < -0.3 is 20.1 Å². The molecule has 0 aromatic heterocycles. The summed E-state index contributed by atoms with van der Waals surface area (Å²) in [6.07, 6.45) is 85.3. The van der Waals surface area contributed by atoms with Crippen molar-refractivity contribution in [1.29, 1.82) is 0 Å². The zero-order chi connectivity index (χ0) is 57.3. The maximum absolute atomic E-state index is 12.7. The van der Waals surface area contributed by atoms with Crippen molar-refractivity contribution in [2.24, 2.45) is 5.73 Å². The van der Waals surface area contributed by atoms with Crippen LogP contribution in [0.15, 0.2) is 85.1 Å². The van der Waals surface area contributed by atoms with Crippen molar-refractivity contribution in [3.63, 3.8) is 0 Å². The number of hydrogen-bond acceptors (Lipinski definition) is 8. The van der Waals surface area contributed by atoms with Gasteiger partial charge >= 0.3 is 19.8 Å². The molecule has 0 aliphatic heterocycles. The number of allylic oxidation sites excluding steroid dienone is 14. The van der Waals surface area contributed by atoms with Gasteiger partial charge in [-0.05, 0) is 89.9 Å². The third-order valence-corrected chi connectivity index (χ3v) is 15.2. The highest BCUT2D eigenvalue weighted by Crippen LogP contribution is 2.43. The Hall–Kier alpha value is -2.81. The SMILES string of the molecule is CC/C=C\C/C=C\C/C=C\C/C=C\C/C=C\C/C=C\CCCCCCCCC(=O)OC(COC(=O)CCCCCCCCCCCCCCCCCCCCCCC/C=C\CCCCCCCCCC)COP(=O)(O)OCCN. The monoisotopic (exact) mass is 1130 g/mol. The van der Waals surface area contributed by atoms with Gasteiger partial charge in [-0.15, -0.1) is 0 Å². The Morgan fingerprint density at radius 1 is 0.392 bits per heavy atom. The Morgan fingerprint density at radius 3 is 1.05 bits per heavy atom. The fourth-order valence-corrected chi connectivity index (χ4v) is 10.2. The minimum atomic E-state index is -4.40. The quantitative estimate of drug-likeness (QED) is 0.0264. The van der Waals surface area contributed by atoms with Gasteiger partial charge in [-0.25, -0.2) is 4.57 Å². The van der Waals surface area contributed by atoms with Crippen LogP contribution in [-0.2, 0) is 32.7 Å². The first-order chi connectivity index (χ1) is 38.8. The molecule has 3 N–H and O–H groups in total. The fourth-order valence-electron chi connectivity index (χ4n) is 9.40. The molecule has 0 aromatic carbocycles. The summed E-state index contributed by atoms with van der Waals surface area (Å²) >= 11 is 0. The third kappa shape index (κ3) is 64.2. The highest BCUT2D eigenvalue weighted by molar-refractivity contribution is 7.47. The molecule has 0 aliphatic rings. The van der Waals surface area contributed by atoms with Gasteiger partial charge in [0.05, 0.1) is 13.2 Å². The van der Waals surface area contributed by atoms with E-state index in [4.69, 9.17) is 24.3 Å². The second kappa shape index (κ2) is 64.4. The van der Waals surface area contributed by atoms with Gasteiger partial charge in [0.15, 0.2) is 6.10 Å². The maximum Gasteiger partial charge on any atom is 0.472 e. The molecule has 0 saturated carbocycles. The molecular formula is C69H124NO8P. The van der Waals surface area contributed by atoms with Crippen molar-refractivity contribution in [2.75, 3.05) is 26.4 Å². The predicted molar refractivity (Wildman–Crippen MR) is 339 cm³/mol. The van der Waals surface area contributed by atoms with Crippen molar-refractivity contribution in [3.8, 4) is 0 Å². The molecule has 458 valence electrons. The normalized spacial score (nSPS) is 13.5. The van der Waals surface area contributed by atoms with Gasteiger partial charge in [0, 0.05) is 19.4 Å². The highest BCUT2D eigenvalue weighted by atomic mass is 31.2. The largest absolute Gasteiger partial charge is 0.472 e. The first-order valence-corrected chi connectivity index (χ1v) is 34.6. The van der Waals surface area contributed by atoms with E-state index in [1.165, 1.54) is 180 Å². The van der Waals surface area contributed by atoms with E-state index in [2.05, 4.69) is 98.9 Å². The van der Waals surface area contributed by atoms with Gasteiger partial charge in [-0.3, -0.25) is 18.6 Å². The second-order valence-electron chi connectivity index (χ2n) is 22.0. The van der Waals surface area contributed by atoms with Crippen molar-refractivity contribution in [3.05, 3.63) is 85.1 Å². The van der Waals surface area contributed by atoms with Crippen LogP contribution in [0, 0.1) is 0 Å². The summed E-state index contributed by atoms with van der Waals surface area (Å²) in [5.74, 6) is -0.837. The molecule has 0 saturated heterocycles. The summed E-state index contributed by atoms with van der Waals surface area (Å²) in [6, 6.07) is 0. The van der Waals surface area contributed by atoms with Crippen LogP contribution in [0.1, 0.15) is 309 Å². The zero-order valence-corrected chi connectivity index (χ0v) is 52.2. The van der Waals surface area contributed by atoms with E-state index in [0.29, 0.717) is 6.42 Å². The van der Waals surface area contributed by atoms with E-state index in [9.17, 15) is 19.0 Å². The van der Waals surface area contributed by atoms with Crippen LogP contribution in [0.2, 0.25) is 0 Å².